The second-order valence-electron chi connectivity index (χ2n) is 0. The second kappa shape index (κ2) is 517. The van der Waals surface area contributed by atoms with Crippen LogP contribution < -0.4 is 0 Å². The zero-order chi connectivity index (χ0) is 6.00. The minimum absolute atomic E-state index is 0. The molecule has 1 N–H and O–H groups in total. The molecule has 0 aliphatic heterocycles. The van der Waals surface area contributed by atoms with E-state index in [9.17, 15) is 0 Å². The van der Waals surface area contributed by atoms with Crippen LogP contribution in [0.3, 0.4) is 0 Å². The van der Waals surface area contributed by atoms with Gasteiger partial charge >= 0.3 is 26.2 Å². The van der Waals surface area contributed by atoms with Gasteiger partial charge in [0.1, 0.15) is 0 Å². The van der Waals surface area contributed by atoms with Crippen molar-refractivity contribution in [1.82, 2.24) is 0 Å². The summed E-state index contributed by atoms with van der Waals surface area (Å²) in [6.45, 7) is 15.0. The second-order valence-corrected chi connectivity index (χ2v) is 0. The maximum absolute atomic E-state index is 3.25. The molecule has 50 valence electrons. The molecule has 8 heavy (non-hydrogen) atoms. The van der Waals surface area contributed by atoms with Crippen LogP contribution in [-0.2, 0) is 26.2 Å². The maximum atomic E-state index is 3.25. The van der Waals surface area contributed by atoms with Crippen molar-refractivity contribution in [3.8, 4) is 0 Å². The summed E-state index contributed by atoms with van der Waals surface area (Å²) in [4.78, 5) is 0. The van der Waals surface area contributed by atoms with Gasteiger partial charge in [-0.15, -0.1) is 0 Å². The van der Waals surface area contributed by atoms with Gasteiger partial charge in [-0.05, 0) is 0 Å². The molecule has 0 bridgehead atoms. The van der Waals surface area contributed by atoms with Crippen molar-refractivity contribution in [3.05, 3.63) is 20.8 Å². The van der Waals surface area contributed by atoms with Gasteiger partial charge in [0, 0.05) is 0 Å². The fourth-order valence-corrected chi connectivity index (χ4v) is 0. The molecule has 0 aromatic carbocycles. The van der Waals surface area contributed by atoms with E-state index in [4.69, 9.17) is 0 Å². The van der Waals surface area contributed by atoms with Gasteiger partial charge < -0.3 is 26.2 Å². The zero-order valence-electron chi connectivity index (χ0n) is 6.07. The molecule has 2 heteroatoms. The van der Waals surface area contributed by atoms with Crippen molar-refractivity contribution in [1.29, 1.82) is 0 Å². The molecule has 0 aromatic heterocycles. The van der Waals surface area contributed by atoms with Crippen molar-refractivity contribution in [2.75, 3.05) is 0 Å². The third kappa shape index (κ3) is 329. The van der Waals surface area contributed by atoms with Crippen molar-refractivity contribution >= 4 is 0 Å². The van der Waals surface area contributed by atoms with Crippen molar-refractivity contribution < 1.29 is 31.7 Å². The van der Waals surface area contributed by atoms with Crippen LogP contribution in [0.1, 0.15) is 20.8 Å². The molecule has 0 saturated heterocycles. The standard InChI is InChI=1S/3C2H5.H2O.Zr/c3*1-2;;/h3*1H2,2H3;1H2;/q3*-1;;+4/p-1. The molecule has 0 saturated carbocycles. The van der Waals surface area contributed by atoms with Crippen molar-refractivity contribution in [2.24, 2.45) is 0 Å². The Kier molecular flexibility index (Phi) is 2380. The average Bonchev–Trinajstić information content (AvgIpc) is 1.81. The topological polar surface area (TPSA) is 30.0 Å². The monoisotopic (exact) mass is 194 g/mol. The molecule has 0 fully saturated rings. The molecule has 0 spiro atoms. The maximum Gasteiger partial charge on any atom is 4.00 e. The quantitative estimate of drug-likeness (QED) is 0.546. The van der Waals surface area contributed by atoms with Crippen molar-refractivity contribution in [2.45, 2.75) is 20.8 Å². The summed E-state index contributed by atoms with van der Waals surface area (Å²) in [6.07, 6.45) is 0. The molecule has 0 heterocycles. The van der Waals surface area contributed by atoms with E-state index in [-0.39, 0.29) is 31.7 Å². The smallest absolute Gasteiger partial charge is 0.870 e. The molecule has 0 aromatic rings. The summed E-state index contributed by atoms with van der Waals surface area (Å²) < 4.78 is 0. The van der Waals surface area contributed by atoms with E-state index in [0.717, 1.165) is 0 Å². The van der Waals surface area contributed by atoms with E-state index in [1.54, 1.807) is 20.8 Å². The van der Waals surface area contributed by atoms with Crippen LogP contribution >= 0.6 is 0 Å². The van der Waals surface area contributed by atoms with Gasteiger partial charge in [0.2, 0.25) is 0 Å². The van der Waals surface area contributed by atoms with E-state index >= 15 is 0 Å². The number of hydrogen-bond donors (Lipinski definition) is 0. The fourth-order valence-electron chi connectivity index (χ4n) is 0. The molecule has 0 aliphatic rings. The molecule has 0 radical (unpaired) electrons. The summed E-state index contributed by atoms with van der Waals surface area (Å²) in [5.41, 5.74) is 0. The van der Waals surface area contributed by atoms with Gasteiger partial charge in [0.25, 0.3) is 0 Å². The van der Waals surface area contributed by atoms with E-state index in [0.29, 0.717) is 0 Å². The fraction of sp³-hybridized carbons (Fsp3) is 0.500. The van der Waals surface area contributed by atoms with Gasteiger partial charge in [0.15, 0.2) is 0 Å². The first-order valence-electron chi connectivity index (χ1n) is 2.12. The van der Waals surface area contributed by atoms with Crippen LogP contribution in [0.5, 0.6) is 0 Å². The summed E-state index contributed by atoms with van der Waals surface area (Å²) in [5.74, 6) is 0. The Balaban J connectivity index is -0.00000000500. The van der Waals surface area contributed by atoms with Crippen LogP contribution in [-0.4, -0.2) is 5.48 Å². The van der Waals surface area contributed by atoms with Crippen LogP contribution in [0, 0.1) is 20.8 Å². The minimum Gasteiger partial charge on any atom is -0.870 e. The Morgan fingerprint density at radius 2 is 0.625 bits per heavy atom. The molecule has 0 atom stereocenters. The minimum atomic E-state index is 0. The Labute approximate surface area is 73.3 Å². The molecule has 0 aliphatic carbocycles. The summed E-state index contributed by atoms with van der Waals surface area (Å²) in [7, 11) is 0. The Bertz CT molecular complexity index is 8.49. The SMILES string of the molecule is [CH2-]C.[CH2-]C.[CH2-]C.[OH-].[Zr+4]. The van der Waals surface area contributed by atoms with Crippen LogP contribution in [0.4, 0.5) is 0 Å². The first-order valence-corrected chi connectivity index (χ1v) is 2.12. The Hall–Kier alpha value is 0.843. The molecular weight excluding hydrogens is 179 g/mol. The van der Waals surface area contributed by atoms with Gasteiger partial charge in [-0.1, -0.05) is 0 Å². The first-order chi connectivity index (χ1) is 3.00. The zero-order valence-corrected chi connectivity index (χ0v) is 8.53. The molecule has 0 unspecified atom stereocenters. The van der Waals surface area contributed by atoms with Gasteiger partial charge in [0.05, 0.1) is 0 Å². The average molecular weight is 195 g/mol. The number of hydrogen-bond acceptors (Lipinski definition) is 1. The molecule has 1 nitrogen and oxygen atoms in total. The van der Waals surface area contributed by atoms with Crippen molar-refractivity contribution in [3.63, 3.8) is 0 Å². The first kappa shape index (κ1) is 36.8. The van der Waals surface area contributed by atoms with Gasteiger partial charge in [-0.3, -0.25) is 0 Å². The van der Waals surface area contributed by atoms with Crippen LogP contribution in [0.2, 0.25) is 0 Å². The molecule has 0 rings (SSSR count). The Morgan fingerprint density at radius 1 is 0.625 bits per heavy atom. The predicted molar refractivity (Wildman–Crippen MR) is 35.0 cm³/mol. The van der Waals surface area contributed by atoms with E-state index in [1.165, 1.54) is 0 Å². The third-order valence-corrected chi connectivity index (χ3v) is 0. The van der Waals surface area contributed by atoms with Crippen LogP contribution in [0.15, 0.2) is 0 Å². The van der Waals surface area contributed by atoms with E-state index < -0.39 is 0 Å². The third-order valence-electron chi connectivity index (χ3n) is 0. The summed E-state index contributed by atoms with van der Waals surface area (Å²) in [5, 5.41) is 0. The summed E-state index contributed by atoms with van der Waals surface area (Å²) in [6, 6.07) is 0. The predicted octanol–water partition coefficient (Wildman–Crippen LogP) is 2.34. The van der Waals surface area contributed by atoms with Gasteiger partial charge in [-0.25, -0.2) is 0 Å². The molecule has 0 amide bonds. The summed E-state index contributed by atoms with van der Waals surface area (Å²) >= 11 is 0. The number of rotatable bonds is 0. The normalized spacial score (nSPS) is 2.25. The van der Waals surface area contributed by atoms with E-state index in [2.05, 4.69) is 20.8 Å². The van der Waals surface area contributed by atoms with Crippen LogP contribution in [0.25, 0.3) is 0 Å². The molecular formula is C6H16OZr. The Morgan fingerprint density at radius 3 is 0.625 bits per heavy atom. The van der Waals surface area contributed by atoms with E-state index in [1.807, 2.05) is 0 Å². The van der Waals surface area contributed by atoms with Gasteiger partial charge in [-0.2, -0.15) is 20.8 Å². The largest absolute Gasteiger partial charge is 4.00 e.